The van der Waals surface area contributed by atoms with E-state index in [9.17, 15) is 0 Å². The zero-order valence-corrected chi connectivity index (χ0v) is 11.9. The third-order valence-corrected chi connectivity index (χ3v) is 3.27. The average molecular weight is 276 g/mol. The van der Waals surface area contributed by atoms with Gasteiger partial charge in [0.1, 0.15) is 0 Å². The van der Waals surface area contributed by atoms with Gasteiger partial charge in [-0.3, -0.25) is 0 Å². The predicted octanol–water partition coefficient (Wildman–Crippen LogP) is 4.10. The number of ether oxygens (including phenoxy) is 1. The lowest BCUT2D eigenvalue weighted by Crippen LogP contribution is -2.25. The van der Waals surface area contributed by atoms with Crippen LogP contribution in [0.1, 0.15) is 20.3 Å². The molecule has 0 saturated carbocycles. The Labute approximate surface area is 113 Å². The molecule has 0 spiro atoms. The van der Waals surface area contributed by atoms with E-state index in [-0.39, 0.29) is 0 Å². The van der Waals surface area contributed by atoms with E-state index in [0.29, 0.717) is 22.4 Å². The SMILES string of the molecule is CCN(CC)CCCOc1c(Cl)cccc1Cl. The van der Waals surface area contributed by atoms with Crippen molar-refractivity contribution < 1.29 is 4.74 Å². The second-order valence-corrected chi connectivity index (χ2v) is 4.59. The maximum Gasteiger partial charge on any atom is 0.156 e. The lowest BCUT2D eigenvalue weighted by molar-refractivity contribution is 0.249. The molecule has 0 atom stereocenters. The van der Waals surface area contributed by atoms with Crippen molar-refractivity contribution in [3.8, 4) is 5.75 Å². The van der Waals surface area contributed by atoms with Gasteiger partial charge in [-0.2, -0.15) is 0 Å². The average Bonchev–Trinajstić information content (AvgIpc) is 2.32. The minimum atomic E-state index is 0.570. The zero-order valence-electron chi connectivity index (χ0n) is 10.4. The van der Waals surface area contributed by atoms with Gasteiger partial charge in [-0.25, -0.2) is 0 Å². The van der Waals surface area contributed by atoms with E-state index in [1.165, 1.54) is 0 Å². The molecule has 0 aliphatic carbocycles. The van der Waals surface area contributed by atoms with E-state index in [2.05, 4.69) is 18.7 Å². The highest BCUT2D eigenvalue weighted by atomic mass is 35.5. The van der Waals surface area contributed by atoms with Crippen LogP contribution in [0, 0.1) is 0 Å². The maximum absolute atomic E-state index is 6.01. The van der Waals surface area contributed by atoms with E-state index >= 15 is 0 Å². The molecule has 1 aromatic rings. The molecule has 1 aromatic carbocycles. The Bertz CT molecular complexity index is 320. The first kappa shape index (κ1) is 14.6. The van der Waals surface area contributed by atoms with E-state index in [1.807, 2.05) is 6.07 Å². The van der Waals surface area contributed by atoms with Gasteiger partial charge in [0.05, 0.1) is 16.7 Å². The van der Waals surface area contributed by atoms with E-state index in [1.54, 1.807) is 12.1 Å². The van der Waals surface area contributed by atoms with Crippen LogP contribution < -0.4 is 4.74 Å². The fourth-order valence-electron chi connectivity index (χ4n) is 1.62. The first-order chi connectivity index (χ1) is 8.19. The Balaban J connectivity index is 2.36. The summed E-state index contributed by atoms with van der Waals surface area (Å²) in [6.45, 7) is 8.15. The lowest BCUT2D eigenvalue weighted by atomic mass is 10.3. The third kappa shape index (κ3) is 4.74. The summed E-state index contributed by atoms with van der Waals surface area (Å²) >= 11 is 12.0. The highest BCUT2D eigenvalue weighted by Gasteiger charge is 2.06. The summed E-state index contributed by atoms with van der Waals surface area (Å²) in [5, 5.41) is 1.14. The van der Waals surface area contributed by atoms with Crippen LogP contribution in [-0.4, -0.2) is 31.1 Å². The fourth-order valence-corrected chi connectivity index (χ4v) is 2.13. The molecule has 0 saturated heterocycles. The minimum Gasteiger partial charge on any atom is -0.490 e. The van der Waals surface area contributed by atoms with Gasteiger partial charge in [0, 0.05) is 6.54 Å². The van der Waals surface area contributed by atoms with E-state index in [4.69, 9.17) is 27.9 Å². The number of halogens is 2. The van der Waals surface area contributed by atoms with Gasteiger partial charge >= 0.3 is 0 Å². The predicted molar refractivity (Wildman–Crippen MR) is 74.4 cm³/mol. The van der Waals surface area contributed by atoms with Crippen LogP contribution in [0.3, 0.4) is 0 Å². The van der Waals surface area contributed by atoms with Crippen LogP contribution in [0.4, 0.5) is 0 Å². The summed E-state index contributed by atoms with van der Waals surface area (Å²) in [7, 11) is 0. The topological polar surface area (TPSA) is 12.5 Å². The maximum atomic E-state index is 6.01. The monoisotopic (exact) mass is 275 g/mol. The largest absolute Gasteiger partial charge is 0.490 e. The molecule has 0 aromatic heterocycles. The van der Waals surface area contributed by atoms with Crippen LogP contribution in [0.5, 0.6) is 5.75 Å². The second-order valence-electron chi connectivity index (χ2n) is 3.78. The molecule has 0 aliphatic rings. The van der Waals surface area contributed by atoms with Gasteiger partial charge in [-0.1, -0.05) is 43.1 Å². The Morgan fingerprint density at radius 1 is 1.12 bits per heavy atom. The molecule has 0 aliphatic heterocycles. The van der Waals surface area contributed by atoms with Gasteiger partial charge in [0.15, 0.2) is 5.75 Å². The third-order valence-electron chi connectivity index (χ3n) is 2.68. The van der Waals surface area contributed by atoms with Crippen LogP contribution in [0.2, 0.25) is 10.0 Å². The lowest BCUT2D eigenvalue weighted by Gasteiger charge is -2.18. The van der Waals surface area contributed by atoms with E-state index in [0.717, 1.165) is 26.1 Å². The molecule has 1 rings (SSSR count). The molecular weight excluding hydrogens is 257 g/mol. The standard InChI is InChI=1S/C13H19Cl2NO/c1-3-16(4-2)9-6-10-17-13-11(14)7-5-8-12(13)15/h5,7-8H,3-4,6,9-10H2,1-2H3. The summed E-state index contributed by atoms with van der Waals surface area (Å²) in [5.41, 5.74) is 0. The van der Waals surface area contributed by atoms with Gasteiger partial charge in [0.2, 0.25) is 0 Å². The van der Waals surface area contributed by atoms with Crippen molar-refractivity contribution >= 4 is 23.2 Å². The number of rotatable bonds is 7. The summed E-state index contributed by atoms with van der Waals surface area (Å²) in [6, 6.07) is 5.38. The van der Waals surface area contributed by atoms with Crippen molar-refractivity contribution in [3.63, 3.8) is 0 Å². The van der Waals surface area contributed by atoms with Crippen molar-refractivity contribution in [1.29, 1.82) is 0 Å². The van der Waals surface area contributed by atoms with Crippen LogP contribution in [-0.2, 0) is 0 Å². The first-order valence-corrected chi connectivity index (χ1v) is 6.73. The second kappa shape index (κ2) is 7.80. The van der Waals surface area contributed by atoms with E-state index < -0.39 is 0 Å². The summed E-state index contributed by atoms with van der Waals surface area (Å²) in [5.74, 6) is 0.593. The summed E-state index contributed by atoms with van der Waals surface area (Å²) in [6.07, 6.45) is 0.975. The highest BCUT2D eigenvalue weighted by Crippen LogP contribution is 2.32. The molecule has 0 amide bonds. The Morgan fingerprint density at radius 2 is 1.71 bits per heavy atom. The molecule has 0 fully saturated rings. The van der Waals surface area contributed by atoms with Crippen LogP contribution in [0.25, 0.3) is 0 Å². The highest BCUT2D eigenvalue weighted by molar-refractivity contribution is 6.37. The van der Waals surface area contributed by atoms with Crippen molar-refractivity contribution in [3.05, 3.63) is 28.2 Å². The molecule has 96 valence electrons. The number of nitrogens with zero attached hydrogens (tertiary/aromatic N) is 1. The fraction of sp³-hybridized carbons (Fsp3) is 0.538. The quantitative estimate of drug-likeness (QED) is 0.695. The number of benzene rings is 1. The first-order valence-electron chi connectivity index (χ1n) is 5.98. The summed E-state index contributed by atoms with van der Waals surface area (Å²) in [4.78, 5) is 2.36. The molecule has 0 N–H and O–H groups in total. The van der Waals surface area contributed by atoms with Crippen molar-refractivity contribution in [1.82, 2.24) is 4.90 Å². The van der Waals surface area contributed by atoms with Crippen LogP contribution in [0.15, 0.2) is 18.2 Å². The smallest absolute Gasteiger partial charge is 0.156 e. The summed E-state index contributed by atoms with van der Waals surface area (Å²) < 4.78 is 5.62. The van der Waals surface area contributed by atoms with Gasteiger partial charge in [-0.15, -0.1) is 0 Å². The molecule has 4 heteroatoms. The van der Waals surface area contributed by atoms with Crippen molar-refractivity contribution in [2.45, 2.75) is 20.3 Å². The molecule has 2 nitrogen and oxygen atoms in total. The number of hydrogen-bond acceptors (Lipinski definition) is 2. The molecule has 0 bridgehead atoms. The molecule has 0 radical (unpaired) electrons. The molecular formula is C13H19Cl2NO. The Hall–Kier alpha value is -0.440. The van der Waals surface area contributed by atoms with Gasteiger partial charge < -0.3 is 9.64 Å². The Morgan fingerprint density at radius 3 is 2.24 bits per heavy atom. The van der Waals surface area contributed by atoms with Gasteiger partial charge in [-0.05, 0) is 31.6 Å². The van der Waals surface area contributed by atoms with Gasteiger partial charge in [0.25, 0.3) is 0 Å². The normalized spacial score (nSPS) is 10.9. The van der Waals surface area contributed by atoms with Crippen molar-refractivity contribution in [2.24, 2.45) is 0 Å². The number of hydrogen-bond donors (Lipinski definition) is 0. The Kier molecular flexibility index (Phi) is 6.71. The minimum absolute atomic E-state index is 0.570. The number of para-hydroxylation sites is 1. The molecule has 0 heterocycles. The van der Waals surface area contributed by atoms with Crippen molar-refractivity contribution in [2.75, 3.05) is 26.2 Å². The zero-order chi connectivity index (χ0) is 12.7. The molecule has 17 heavy (non-hydrogen) atoms. The van der Waals surface area contributed by atoms with Crippen LogP contribution >= 0.6 is 23.2 Å². The molecule has 0 unspecified atom stereocenters.